The van der Waals surface area contributed by atoms with E-state index in [0.717, 1.165) is 17.7 Å². The van der Waals surface area contributed by atoms with Crippen LogP contribution in [0.3, 0.4) is 0 Å². The summed E-state index contributed by atoms with van der Waals surface area (Å²) in [7, 11) is 1.90. The number of anilines is 1. The van der Waals surface area contributed by atoms with Crippen LogP contribution in [-0.4, -0.2) is 27.3 Å². The Balaban J connectivity index is 2.14. The molecule has 0 atom stereocenters. The highest BCUT2D eigenvalue weighted by Crippen LogP contribution is 2.15. The number of rotatable bonds is 6. The molecule has 0 bridgehead atoms. The Morgan fingerprint density at radius 1 is 1.43 bits per heavy atom. The first-order chi connectivity index (χ1) is 10.2. The van der Waals surface area contributed by atoms with Gasteiger partial charge in [0.05, 0.1) is 12.3 Å². The molecule has 2 aromatic rings. The normalized spacial score (nSPS) is 10.4. The van der Waals surface area contributed by atoms with Gasteiger partial charge in [-0.2, -0.15) is 5.10 Å². The summed E-state index contributed by atoms with van der Waals surface area (Å²) < 4.78 is 6.83. The molecule has 0 saturated heterocycles. The second-order valence-corrected chi connectivity index (χ2v) is 4.60. The molecule has 0 aromatic carbocycles. The molecule has 0 amide bonds. The van der Waals surface area contributed by atoms with E-state index in [1.807, 2.05) is 13.2 Å². The standard InChI is InChI=1S/C15H20N4O2/c1-4-13-11(10-19(3)18-13)9-17-14-12(7-6-8-16-14)15(20)21-5-2/h6-8,10H,4-5,9H2,1-3H3,(H,16,17). The fourth-order valence-corrected chi connectivity index (χ4v) is 2.13. The second kappa shape index (κ2) is 6.88. The van der Waals surface area contributed by atoms with Crippen molar-refractivity contribution in [3.8, 4) is 0 Å². The van der Waals surface area contributed by atoms with Crippen LogP contribution in [0, 0.1) is 0 Å². The molecule has 2 rings (SSSR count). The summed E-state index contributed by atoms with van der Waals surface area (Å²) in [6.07, 6.45) is 4.48. The Hall–Kier alpha value is -2.37. The zero-order valence-electron chi connectivity index (χ0n) is 12.6. The quantitative estimate of drug-likeness (QED) is 0.825. The molecule has 1 N–H and O–H groups in total. The molecule has 0 aliphatic heterocycles. The lowest BCUT2D eigenvalue weighted by Gasteiger charge is -2.09. The Kier molecular flexibility index (Phi) is 4.92. The average Bonchev–Trinajstić information content (AvgIpc) is 2.86. The van der Waals surface area contributed by atoms with Crippen molar-refractivity contribution in [2.75, 3.05) is 11.9 Å². The zero-order valence-corrected chi connectivity index (χ0v) is 12.6. The Morgan fingerprint density at radius 2 is 2.24 bits per heavy atom. The highest BCUT2D eigenvalue weighted by molar-refractivity contribution is 5.94. The third-order valence-corrected chi connectivity index (χ3v) is 3.08. The van der Waals surface area contributed by atoms with E-state index < -0.39 is 0 Å². The molecule has 0 aliphatic rings. The highest BCUT2D eigenvalue weighted by Gasteiger charge is 2.14. The molecule has 0 radical (unpaired) electrons. The molecule has 6 nitrogen and oxygen atoms in total. The van der Waals surface area contributed by atoms with Gasteiger partial charge in [0.15, 0.2) is 0 Å². The summed E-state index contributed by atoms with van der Waals surface area (Å²) in [6, 6.07) is 3.43. The minimum Gasteiger partial charge on any atom is -0.462 e. The first kappa shape index (κ1) is 15.0. The van der Waals surface area contributed by atoms with Gasteiger partial charge in [-0.05, 0) is 25.5 Å². The van der Waals surface area contributed by atoms with Crippen LogP contribution in [0.15, 0.2) is 24.5 Å². The molecule has 0 spiro atoms. The third-order valence-electron chi connectivity index (χ3n) is 3.08. The lowest BCUT2D eigenvalue weighted by Crippen LogP contribution is -2.11. The van der Waals surface area contributed by atoms with E-state index in [2.05, 4.69) is 22.3 Å². The van der Waals surface area contributed by atoms with Gasteiger partial charge in [0.2, 0.25) is 0 Å². The molecular formula is C15H20N4O2. The Bertz CT molecular complexity index is 622. The summed E-state index contributed by atoms with van der Waals surface area (Å²) >= 11 is 0. The second-order valence-electron chi connectivity index (χ2n) is 4.60. The van der Waals surface area contributed by atoms with Crippen molar-refractivity contribution in [1.29, 1.82) is 0 Å². The van der Waals surface area contributed by atoms with Gasteiger partial charge < -0.3 is 10.1 Å². The van der Waals surface area contributed by atoms with Gasteiger partial charge in [-0.1, -0.05) is 6.92 Å². The Labute approximate surface area is 124 Å². The van der Waals surface area contributed by atoms with Crippen molar-refractivity contribution in [3.05, 3.63) is 41.3 Å². The summed E-state index contributed by atoms with van der Waals surface area (Å²) in [5, 5.41) is 7.58. The number of nitrogens with zero attached hydrogens (tertiary/aromatic N) is 3. The molecular weight excluding hydrogens is 268 g/mol. The summed E-state index contributed by atoms with van der Waals surface area (Å²) in [4.78, 5) is 16.1. The van der Waals surface area contributed by atoms with Gasteiger partial charge in [0.1, 0.15) is 11.4 Å². The molecule has 0 aliphatic carbocycles. The maximum atomic E-state index is 11.9. The first-order valence-corrected chi connectivity index (χ1v) is 7.03. The van der Waals surface area contributed by atoms with Crippen LogP contribution >= 0.6 is 0 Å². The number of carbonyl (C=O) groups is 1. The molecule has 21 heavy (non-hydrogen) atoms. The van der Waals surface area contributed by atoms with Gasteiger partial charge in [0.25, 0.3) is 0 Å². The number of ether oxygens (including phenoxy) is 1. The third kappa shape index (κ3) is 3.59. The Morgan fingerprint density at radius 3 is 2.95 bits per heavy atom. The van der Waals surface area contributed by atoms with Crippen LogP contribution < -0.4 is 5.32 Å². The largest absolute Gasteiger partial charge is 0.462 e. The van der Waals surface area contributed by atoms with Crippen molar-refractivity contribution in [2.24, 2.45) is 7.05 Å². The number of pyridine rings is 1. The van der Waals surface area contributed by atoms with Crippen molar-refractivity contribution >= 4 is 11.8 Å². The minimum atomic E-state index is -0.366. The van der Waals surface area contributed by atoms with E-state index in [1.54, 1.807) is 29.9 Å². The fraction of sp³-hybridized carbons (Fsp3) is 0.400. The van der Waals surface area contributed by atoms with Crippen LogP contribution in [0.4, 0.5) is 5.82 Å². The molecule has 0 unspecified atom stereocenters. The van der Waals surface area contributed by atoms with Crippen LogP contribution in [0.25, 0.3) is 0 Å². The van der Waals surface area contributed by atoms with Crippen molar-refractivity contribution in [2.45, 2.75) is 26.8 Å². The maximum absolute atomic E-state index is 11.9. The average molecular weight is 288 g/mol. The lowest BCUT2D eigenvalue weighted by atomic mass is 10.2. The van der Waals surface area contributed by atoms with E-state index in [9.17, 15) is 4.79 Å². The lowest BCUT2D eigenvalue weighted by molar-refractivity contribution is 0.0527. The van der Waals surface area contributed by atoms with Gasteiger partial charge >= 0.3 is 5.97 Å². The molecule has 112 valence electrons. The van der Waals surface area contributed by atoms with Crippen LogP contribution in [0.1, 0.15) is 35.5 Å². The van der Waals surface area contributed by atoms with Crippen LogP contribution in [0.5, 0.6) is 0 Å². The summed E-state index contributed by atoms with van der Waals surface area (Å²) in [5.41, 5.74) is 2.58. The highest BCUT2D eigenvalue weighted by atomic mass is 16.5. The molecule has 2 heterocycles. The van der Waals surface area contributed by atoms with E-state index in [-0.39, 0.29) is 5.97 Å². The minimum absolute atomic E-state index is 0.343. The van der Waals surface area contributed by atoms with Crippen molar-refractivity contribution in [3.63, 3.8) is 0 Å². The topological polar surface area (TPSA) is 69.0 Å². The van der Waals surface area contributed by atoms with E-state index in [0.29, 0.717) is 24.5 Å². The number of hydrogen-bond donors (Lipinski definition) is 1. The predicted octanol–water partition coefficient (Wildman–Crippen LogP) is 2.17. The van der Waals surface area contributed by atoms with Gasteiger partial charge in [-0.3, -0.25) is 4.68 Å². The van der Waals surface area contributed by atoms with Crippen LogP contribution in [0.2, 0.25) is 0 Å². The number of carbonyl (C=O) groups excluding carboxylic acids is 1. The number of aromatic nitrogens is 3. The maximum Gasteiger partial charge on any atom is 0.341 e. The smallest absolute Gasteiger partial charge is 0.341 e. The predicted molar refractivity (Wildman–Crippen MR) is 80.1 cm³/mol. The molecule has 6 heteroatoms. The number of nitrogens with one attached hydrogen (secondary N) is 1. The molecule has 2 aromatic heterocycles. The van der Waals surface area contributed by atoms with E-state index >= 15 is 0 Å². The first-order valence-electron chi connectivity index (χ1n) is 7.03. The summed E-state index contributed by atoms with van der Waals surface area (Å²) in [5.74, 6) is 0.164. The monoisotopic (exact) mass is 288 g/mol. The number of hydrogen-bond acceptors (Lipinski definition) is 5. The fourth-order valence-electron chi connectivity index (χ4n) is 2.13. The van der Waals surface area contributed by atoms with Gasteiger partial charge in [-0.25, -0.2) is 9.78 Å². The van der Waals surface area contributed by atoms with Crippen molar-refractivity contribution in [1.82, 2.24) is 14.8 Å². The zero-order chi connectivity index (χ0) is 15.2. The molecule has 0 saturated carbocycles. The van der Waals surface area contributed by atoms with Gasteiger partial charge in [0, 0.05) is 31.5 Å². The number of esters is 1. The molecule has 0 fully saturated rings. The van der Waals surface area contributed by atoms with E-state index in [4.69, 9.17) is 4.74 Å². The summed E-state index contributed by atoms with van der Waals surface area (Å²) in [6.45, 7) is 4.76. The number of aryl methyl sites for hydroxylation is 2. The SMILES string of the molecule is CCOC(=O)c1cccnc1NCc1cn(C)nc1CC. The van der Waals surface area contributed by atoms with Crippen LogP contribution in [-0.2, 0) is 24.8 Å². The van der Waals surface area contributed by atoms with Gasteiger partial charge in [-0.15, -0.1) is 0 Å². The van der Waals surface area contributed by atoms with Crippen molar-refractivity contribution < 1.29 is 9.53 Å². The van der Waals surface area contributed by atoms with E-state index in [1.165, 1.54) is 0 Å².